The second-order valence-corrected chi connectivity index (χ2v) is 15.3. The van der Waals surface area contributed by atoms with Gasteiger partial charge in [-0.3, -0.25) is 14.6 Å². The summed E-state index contributed by atoms with van der Waals surface area (Å²) in [7, 11) is 4.76. The molecule has 14 nitrogen and oxygen atoms in total. The average Bonchev–Trinajstić information content (AvgIpc) is 3.62. The van der Waals surface area contributed by atoms with Gasteiger partial charge in [0.15, 0.2) is 23.0 Å². The third kappa shape index (κ3) is 10.2. The molecule has 5 aromatic carbocycles. The number of ether oxygens (including phenoxy) is 7. The average molecular weight is 856 g/mol. The van der Waals surface area contributed by atoms with Crippen molar-refractivity contribution < 1.29 is 42.7 Å². The van der Waals surface area contributed by atoms with Crippen molar-refractivity contribution in [1.29, 1.82) is 0 Å². The van der Waals surface area contributed by atoms with Crippen molar-refractivity contribution in [3.05, 3.63) is 124 Å². The smallest absolute Gasteiger partial charge is 0.260 e. The van der Waals surface area contributed by atoms with Crippen LogP contribution in [0.3, 0.4) is 0 Å². The van der Waals surface area contributed by atoms with Crippen LogP contribution in [0.1, 0.15) is 49.4 Å². The monoisotopic (exact) mass is 855 g/mol. The molecule has 0 saturated carbocycles. The molecule has 3 N–H and O–H groups in total. The Labute approximate surface area is 367 Å². The highest BCUT2D eigenvalue weighted by Crippen LogP contribution is 2.41. The topological polar surface area (TPSA) is 150 Å². The van der Waals surface area contributed by atoms with E-state index in [4.69, 9.17) is 33.2 Å². The fourth-order valence-corrected chi connectivity index (χ4v) is 8.04. The number of nitrogens with one attached hydrogen (secondary N) is 3. The number of aryl methyl sites for hydroxylation is 1. The van der Waals surface area contributed by atoms with Crippen molar-refractivity contribution in [2.75, 3.05) is 88.3 Å². The Hall–Kier alpha value is -6.61. The lowest BCUT2D eigenvalue weighted by Gasteiger charge is -2.22. The normalized spacial score (nSPS) is 15.1. The van der Waals surface area contributed by atoms with E-state index >= 15 is 0 Å². The number of fused-ring (bicyclic) bond motifs is 6. The second kappa shape index (κ2) is 20.5. The van der Waals surface area contributed by atoms with Gasteiger partial charge >= 0.3 is 0 Å². The molecule has 5 aromatic rings. The van der Waals surface area contributed by atoms with Crippen molar-refractivity contribution in [3.8, 4) is 23.0 Å². The van der Waals surface area contributed by atoms with Gasteiger partial charge in [-0.1, -0.05) is 36.4 Å². The highest BCUT2D eigenvalue weighted by molar-refractivity contribution is 6.12. The zero-order chi connectivity index (χ0) is 43.5. The van der Waals surface area contributed by atoms with E-state index in [1.807, 2.05) is 77.8 Å². The van der Waals surface area contributed by atoms with Crippen LogP contribution in [-0.2, 0) is 40.3 Å². The minimum atomic E-state index is -0.285. The predicted molar refractivity (Wildman–Crippen MR) is 243 cm³/mol. The van der Waals surface area contributed by atoms with Gasteiger partial charge in [0.05, 0.1) is 75.8 Å². The highest BCUT2D eigenvalue weighted by atomic mass is 16.5. The van der Waals surface area contributed by atoms with Crippen molar-refractivity contribution in [2.24, 2.45) is 4.99 Å². The van der Waals surface area contributed by atoms with E-state index in [-0.39, 0.29) is 31.1 Å². The Kier molecular flexibility index (Phi) is 14.0. The molecule has 0 unspecified atom stereocenters. The van der Waals surface area contributed by atoms with E-state index in [0.717, 1.165) is 46.6 Å². The van der Waals surface area contributed by atoms with Gasteiger partial charge in [-0.25, -0.2) is 0 Å². The lowest BCUT2D eigenvalue weighted by Crippen LogP contribution is -2.39. The number of nitrogens with zero attached hydrogens (tertiary/aromatic N) is 2. The molecule has 3 heterocycles. The van der Waals surface area contributed by atoms with Crippen molar-refractivity contribution >= 4 is 46.5 Å². The summed E-state index contributed by atoms with van der Waals surface area (Å²) in [5.41, 5.74) is 8.57. The van der Waals surface area contributed by atoms with Crippen LogP contribution in [0.15, 0.2) is 96.0 Å². The number of carbonyl (C=O) groups is 2. The summed E-state index contributed by atoms with van der Waals surface area (Å²) < 4.78 is 40.8. The van der Waals surface area contributed by atoms with E-state index in [0.29, 0.717) is 98.0 Å². The number of para-hydroxylation sites is 2. The number of amides is 2. The molecule has 0 bridgehead atoms. The van der Waals surface area contributed by atoms with Crippen molar-refractivity contribution in [2.45, 2.75) is 38.5 Å². The van der Waals surface area contributed by atoms with Gasteiger partial charge in [0, 0.05) is 55.6 Å². The molecular formula is C49H53N5O9. The summed E-state index contributed by atoms with van der Waals surface area (Å²) >= 11 is 0. The van der Waals surface area contributed by atoms with Gasteiger partial charge in [-0.15, -0.1) is 0 Å². The van der Waals surface area contributed by atoms with Crippen LogP contribution in [0.2, 0.25) is 0 Å². The fourth-order valence-electron chi connectivity index (χ4n) is 8.04. The molecule has 14 heteroatoms. The molecule has 0 radical (unpaired) electrons. The van der Waals surface area contributed by atoms with Gasteiger partial charge in [-0.2, -0.15) is 0 Å². The van der Waals surface area contributed by atoms with Gasteiger partial charge in [0.25, 0.3) is 11.8 Å². The SMILES string of the molecule is COCCOCCOCCNc1cc(COc2cc3c(cc2OC)C(=O)Nc2ccccc2CCC=N3)cc(COc2cc3c(cc2OC)C(=O)N2c4ccccc4C[C@H]2CN3)c1. The Morgan fingerprint density at radius 3 is 2.16 bits per heavy atom. The molecule has 0 spiro atoms. The number of benzene rings is 5. The lowest BCUT2D eigenvalue weighted by molar-refractivity contribution is 0.0272. The van der Waals surface area contributed by atoms with Crippen LogP contribution in [0.25, 0.3) is 0 Å². The first-order chi connectivity index (χ1) is 30.9. The molecule has 8 rings (SSSR count). The first-order valence-electron chi connectivity index (χ1n) is 21.2. The van der Waals surface area contributed by atoms with Gasteiger partial charge in [0.2, 0.25) is 0 Å². The summed E-state index contributed by atoms with van der Waals surface area (Å²) in [5.74, 6) is 1.44. The van der Waals surface area contributed by atoms with Gasteiger partial charge in [0.1, 0.15) is 13.2 Å². The number of anilines is 4. The first-order valence-corrected chi connectivity index (χ1v) is 21.2. The molecule has 0 aliphatic carbocycles. The largest absolute Gasteiger partial charge is 0.493 e. The minimum Gasteiger partial charge on any atom is -0.493 e. The molecule has 328 valence electrons. The maximum atomic E-state index is 14.0. The van der Waals surface area contributed by atoms with Crippen LogP contribution in [0.4, 0.5) is 28.4 Å². The molecule has 1 atom stereocenters. The summed E-state index contributed by atoms with van der Waals surface area (Å²) in [6.45, 7) is 3.99. The van der Waals surface area contributed by atoms with E-state index in [1.54, 1.807) is 39.5 Å². The Morgan fingerprint density at radius 2 is 1.40 bits per heavy atom. The van der Waals surface area contributed by atoms with E-state index < -0.39 is 0 Å². The first kappa shape index (κ1) is 43.1. The molecule has 63 heavy (non-hydrogen) atoms. The van der Waals surface area contributed by atoms with Crippen LogP contribution in [0, 0.1) is 0 Å². The Balaban J connectivity index is 1.00. The van der Waals surface area contributed by atoms with Gasteiger partial charge < -0.3 is 54.0 Å². The van der Waals surface area contributed by atoms with Crippen molar-refractivity contribution in [1.82, 2.24) is 0 Å². The van der Waals surface area contributed by atoms with Gasteiger partial charge in [-0.05, 0) is 84.0 Å². The Bertz CT molecular complexity index is 2460. The standard InChI is InChI=1S/C49H53N5O9/c1-57-17-18-61-20-19-60-16-15-50-36-22-32(30-62-46-27-41-38(25-44(46)58-2)48(55)53-40-12-6-4-9-34(40)11-8-14-51-41)21-33(23-36)31-63-47-28-42-39(26-45(47)59-3)49(56)54-37(29-52-42)24-35-10-5-7-13-43(35)54/h4-7,9-10,12-14,21-23,25-28,37,50,52H,8,11,15-20,24,29-31H2,1-3H3,(H,53,55)/t37-/m0/s1. The summed E-state index contributed by atoms with van der Waals surface area (Å²) in [4.78, 5) is 34.2. The minimum absolute atomic E-state index is 0.00282. The molecule has 3 aliphatic rings. The molecule has 2 amide bonds. The maximum absolute atomic E-state index is 14.0. The van der Waals surface area contributed by atoms with Crippen LogP contribution < -0.4 is 39.8 Å². The molecule has 0 aromatic heterocycles. The number of aliphatic imine (C=N–C) groups is 1. The second-order valence-electron chi connectivity index (χ2n) is 15.3. The van der Waals surface area contributed by atoms with Crippen LogP contribution in [-0.4, -0.2) is 91.5 Å². The maximum Gasteiger partial charge on any atom is 0.260 e. The number of methoxy groups -OCH3 is 3. The molecule has 0 saturated heterocycles. The highest BCUT2D eigenvalue weighted by Gasteiger charge is 2.37. The third-order valence-electron chi connectivity index (χ3n) is 11.1. The Morgan fingerprint density at radius 1 is 0.714 bits per heavy atom. The number of hydrogen-bond acceptors (Lipinski definition) is 12. The number of rotatable bonds is 18. The molecule has 0 fully saturated rings. The zero-order valence-corrected chi connectivity index (χ0v) is 35.9. The lowest BCUT2D eigenvalue weighted by atomic mass is 10.1. The number of hydrogen-bond donors (Lipinski definition) is 3. The predicted octanol–water partition coefficient (Wildman–Crippen LogP) is 7.85. The van der Waals surface area contributed by atoms with Crippen molar-refractivity contribution in [3.63, 3.8) is 0 Å². The summed E-state index contributed by atoms with van der Waals surface area (Å²) in [6, 6.07) is 28.9. The van der Waals surface area contributed by atoms with E-state index in [1.165, 1.54) is 5.56 Å². The summed E-state index contributed by atoms with van der Waals surface area (Å²) in [5, 5.41) is 10.0. The fraction of sp³-hybridized carbons (Fsp3) is 0.327. The quantitative estimate of drug-likeness (QED) is 0.0740. The van der Waals surface area contributed by atoms with Crippen LogP contribution >= 0.6 is 0 Å². The van der Waals surface area contributed by atoms with Crippen LogP contribution in [0.5, 0.6) is 23.0 Å². The number of carbonyl (C=O) groups excluding carboxylic acids is 2. The molecular weight excluding hydrogens is 803 g/mol. The van der Waals surface area contributed by atoms with E-state index in [9.17, 15) is 9.59 Å². The summed E-state index contributed by atoms with van der Waals surface area (Å²) in [6.07, 6.45) is 4.06. The van der Waals surface area contributed by atoms with E-state index in [2.05, 4.69) is 27.0 Å². The zero-order valence-electron chi connectivity index (χ0n) is 35.9. The molecule has 3 aliphatic heterocycles. The third-order valence-corrected chi connectivity index (χ3v) is 11.1.